The minimum absolute atomic E-state index is 0.00319. The molecular formula is C19H21ClN6O. The van der Waals surface area contributed by atoms with Crippen molar-refractivity contribution in [1.82, 2.24) is 24.5 Å². The molecule has 3 aromatic rings. The lowest BCUT2D eigenvalue weighted by Crippen LogP contribution is -2.41. The predicted molar refractivity (Wildman–Crippen MR) is 105 cm³/mol. The van der Waals surface area contributed by atoms with Gasteiger partial charge in [-0.3, -0.25) is 9.36 Å². The van der Waals surface area contributed by atoms with E-state index in [-0.39, 0.29) is 5.56 Å². The SMILES string of the molecule is O=c1c2cnc(C3CCNCC3)n2nc2n1CCN(c1ccc(Cl)cc1)C2. The molecule has 140 valence electrons. The van der Waals surface area contributed by atoms with Crippen molar-refractivity contribution in [3.05, 3.63) is 57.5 Å². The Morgan fingerprint density at radius 1 is 1.11 bits per heavy atom. The Kier molecular flexibility index (Phi) is 4.13. The van der Waals surface area contributed by atoms with Crippen molar-refractivity contribution < 1.29 is 0 Å². The van der Waals surface area contributed by atoms with E-state index in [1.54, 1.807) is 15.3 Å². The number of rotatable bonds is 2. The van der Waals surface area contributed by atoms with Gasteiger partial charge in [-0.1, -0.05) is 11.6 Å². The van der Waals surface area contributed by atoms with Crippen molar-refractivity contribution in [3.8, 4) is 0 Å². The molecule has 8 heteroatoms. The fourth-order valence-electron chi connectivity index (χ4n) is 4.08. The van der Waals surface area contributed by atoms with Crippen LogP contribution in [0.1, 0.15) is 30.4 Å². The highest BCUT2D eigenvalue weighted by Crippen LogP contribution is 2.25. The molecule has 1 fully saturated rings. The lowest BCUT2D eigenvalue weighted by molar-refractivity contribution is 0.435. The van der Waals surface area contributed by atoms with Gasteiger partial charge in [0.25, 0.3) is 5.56 Å². The summed E-state index contributed by atoms with van der Waals surface area (Å²) in [4.78, 5) is 19.8. The lowest BCUT2D eigenvalue weighted by Gasteiger charge is -2.31. The molecule has 1 aromatic carbocycles. The Bertz CT molecular complexity index is 1030. The van der Waals surface area contributed by atoms with Gasteiger partial charge in [0.15, 0.2) is 11.3 Å². The van der Waals surface area contributed by atoms with Crippen molar-refractivity contribution in [1.29, 1.82) is 0 Å². The van der Waals surface area contributed by atoms with Crippen LogP contribution in [0, 0.1) is 0 Å². The minimum Gasteiger partial charge on any atom is -0.362 e. The van der Waals surface area contributed by atoms with E-state index in [1.807, 2.05) is 24.3 Å². The van der Waals surface area contributed by atoms with Crippen molar-refractivity contribution in [3.63, 3.8) is 0 Å². The highest BCUT2D eigenvalue weighted by Gasteiger charge is 2.25. The number of fused-ring (bicyclic) bond motifs is 2. The summed E-state index contributed by atoms with van der Waals surface area (Å²) >= 11 is 6.01. The molecule has 0 unspecified atom stereocenters. The summed E-state index contributed by atoms with van der Waals surface area (Å²) < 4.78 is 3.57. The first-order chi connectivity index (χ1) is 13.2. The van der Waals surface area contributed by atoms with E-state index in [0.717, 1.165) is 54.8 Å². The maximum absolute atomic E-state index is 13.0. The van der Waals surface area contributed by atoms with Gasteiger partial charge in [0.05, 0.1) is 12.7 Å². The molecule has 0 radical (unpaired) electrons. The molecule has 1 N–H and O–H groups in total. The molecule has 27 heavy (non-hydrogen) atoms. The van der Waals surface area contributed by atoms with Gasteiger partial charge in [0.2, 0.25) is 0 Å². The first kappa shape index (κ1) is 16.8. The van der Waals surface area contributed by atoms with Gasteiger partial charge in [-0.05, 0) is 50.2 Å². The topological polar surface area (TPSA) is 67.5 Å². The Balaban J connectivity index is 1.54. The van der Waals surface area contributed by atoms with Crippen LogP contribution in [0.3, 0.4) is 0 Å². The average Bonchev–Trinajstić information content (AvgIpc) is 3.13. The summed E-state index contributed by atoms with van der Waals surface area (Å²) in [5.41, 5.74) is 1.67. The Morgan fingerprint density at radius 3 is 2.67 bits per heavy atom. The minimum atomic E-state index is 0.00319. The van der Waals surface area contributed by atoms with Crippen LogP contribution in [0.2, 0.25) is 5.02 Å². The van der Waals surface area contributed by atoms with Crippen molar-refractivity contribution in [2.75, 3.05) is 24.5 Å². The molecule has 5 rings (SSSR count). The molecule has 7 nitrogen and oxygen atoms in total. The molecule has 1 saturated heterocycles. The third kappa shape index (κ3) is 2.91. The molecule has 4 heterocycles. The highest BCUT2D eigenvalue weighted by atomic mass is 35.5. The van der Waals surface area contributed by atoms with E-state index in [9.17, 15) is 4.79 Å². The van der Waals surface area contributed by atoms with Crippen LogP contribution >= 0.6 is 11.6 Å². The lowest BCUT2D eigenvalue weighted by atomic mass is 9.97. The second-order valence-electron chi connectivity index (χ2n) is 7.21. The maximum Gasteiger partial charge on any atom is 0.279 e. The monoisotopic (exact) mass is 384 g/mol. The Morgan fingerprint density at radius 2 is 1.89 bits per heavy atom. The largest absolute Gasteiger partial charge is 0.362 e. The number of halogens is 1. The number of anilines is 1. The van der Waals surface area contributed by atoms with Crippen molar-refractivity contribution >= 4 is 22.8 Å². The zero-order chi connectivity index (χ0) is 18.4. The maximum atomic E-state index is 13.0. The molecular weight excluding hydrogens is 364 g/mol. The van der Waals surface area contributed by atoms with Crippen LogP contribution in [0.5, 0.6) is 0 Å². The number of aromatic nitrogens is 4. The summed E-state index contributed by atoms with van der Waals surface area (Å²) in [7, 11) is 0. The number of piperidine rings is 1. The standard InChI is InChI=1S/C19H21ClN6O/c20-14-1-3-15(4-2-14)24-9-10-25-17(12-24)23-26-16(19(25)27)11-22-18(26)13-5-7-21-8-6-13/h1-4,11,13,21H,5-10,12H2. The van der Waals surface area contributed by atoms with Gasteiger partial charge >= 0.3 is 0 Å². The van der Waals surface area contributed by atoms with Crippen molar-refractivity contribution in [2.24, 2.45) is 0 Å². The second-order valence-corrected chi connectivity index (χ2v) is 7.65. The smallest absolute Gasteiger partial charge is 0.279 e. The first-order valence-electron chi connectivity index (χ1n) is 9.39. The van der Waals surface area contributed by atoms with Crippen LogP contribution in [0.25, 0.3) is 5.52 Å². The number of hydrogen-bond donors (Lipinski definition) is 1. The zero-order valence-corrected chi connectivity index (χ0v) is 15.7. The fraction of sp³-hybridized carbons (Fsp3) is 0.421. The second kappa shape index (κ2) is 6.65. The third-order valence-electron chi connectivity index (χ3n) is 5.58. The molecule has 0 bridgehead atoms. The number of benzene rings is 1. The number of hydrogen-bond acceptors (Lipinski definition) is 5. The normalized spacial score (nSPS) is 18.0. The predicted octanol–water partition coefficient (Wildman–Crippen LogP) is 2.03. The highest BCUT2D eigenvalue weighted by molar-refractivity contribution is 6.30. The van der Waals surface area contributed by atoms with Crippen LogP contribution in [-0.4, -0.2) is 38.8 Å². The molecule has 2 aromatic heterocycles. The van der Waals surface area contributed by atoms with Crippen LogP contribution < -0.4 is 15.8 Å². The quantitative estimate of drug-likeness (QED) is 0.732. The van der Waals surface area contributed by atoms with E-state index in [4.69, 9.17) is 16.7 Å². The molecule has 0 amide bonds. The first-order valence-corrected chi connectivity index (χ1v) is 9.77. The van der Waals surface area contributed by atoms with E-state index in [0.29, 0.717) is 24.5 Å². The van der Waals surface area contributed by atoms with Gasteiger partial charge in [-0.15, -0.1) is 0 Å². The van der Waals surface area contributed by atoms with E-state index < -0.39 is 0 Å². The summed E-state index contributed by atoms with van der Waals surface area (Å²) in [6.07, 6.45) is 3.73. The van der Waals surface area contributed by atoms with Gasteiger partial charge in [0.1, 0.15) is 5.82 Å². The van der Waals surface area contributed by atoms with E-state index >= 15 is 0 Å². The fourth-order valence-corrected chi connectivity index (χ4v) is 4.21. The van der Waals surface area contributed by atoms with Gasteiger partial charge in [-0.25, -0.2) is 9.50 Å². The van der Waals surface area contributed by atoms with Gasteiger partial charge in [0, 0.05) is 29.7 Å². The molecule has 0 aliphatic carbocycles. The summed E-state index contributed by atoms with van der Waals surface area (Å²) in [6.45, 7) is 3.94. The van der Waals surface area contributed by atoms with E-state index in [2.05, 4.69) is 15.2 Å². The van der Waals surface area contributed by atoms with Gasteiger partial charge in [-0.2, -0.15) is 5.10 Å². The summed E-state index contributed by atoms with van der Waals surface area (Å²) in [6, 6.07) is 7.79. The van der Waals surface area contributed by atoms with Crippen LogP contribution in [-0.2, 0) is 13.1 Å². The number of nitrogens with zero attached hydrogens (tertiary/aromatic N) is 5. The Hall–Kier alpha value is -2.38. The molecule has 2 aliphatic heterocycles. The number of nitrogens with one attached hydrogen (secondary N) is 1. The Labute approximate surface area is 161 Å². The molecule has 0 atom stereocenters. The molecule has 0 saturated carbocycles. The molecule has 0 spiro atoms. The van der Waals surface area contributed by atoms with Crippen molar-refractivity contribution in [2.45, 2.75) is 31.8 Å². The summed E-state index contributed by atoms with van der Waals surface area (Å²) in [5, 5.41) is 8.93. The van der Waals surface area contributed by atoms with Crippen LogP contribution in [0.15, 0.2) is 35.3 Å². The number of imidazole rings is 1. The third-order valence-corrected chi connectivity index (χ3v) is 5.83. The van der Waals surface area contributed by atoms with Gasteiger partial charge < -0.3 is 10.2 Å². The molecule has 2 aliphatic rings. The zero-order valence-electron chi connectivity index (χ0n) is 14.9. The van der Waals surface area contributed by atoms with Crippen LogP contribution in [0.4, 0.5) is 5.69 Å². The van der Waals surface area contributed by atoms with E-state index in [1.165, 1.54) is 0 Å². The average molecular weight is 385 g/mol. The summed E-state index contributed by atoms with van der Waals surface area (Å²) in [5.74, 6) is 2.04.